The third kappa shape index (κ3) is 5.42. The van der Waals surface area contributed by atoms with Gasteiger partial charge in [0.05, 0.1) is 11.3 Å². The second kappa shape index (κ2) is 9.80. The Morgan fingerprint density at radius 3 is 2.53 bits per heavy atom. The predicted molar refractivity (Wildman–Crippen MR) is 120 cm³/mol. The number of hydrogen-bond acceptors (Lipinski definition) is 6. The van der Waals surface area contributed by atoms with E-state index in [0.717, 1.165) is 16.3 Å². The highest BCUT2D eigenvalue weighted by molar-refractivity contribution is 7.98. The predicted octanol–water partition coefficient (Wildman–Crippen LogP) is 5.67. The van der Waals surface area contributed by atoms with Gasteiger partial charge in [-0.2, -0.15) is 4.98 Å². The normalized spacial score (nSPS) is 14.4. The summed E-state index contributed by atoms with van der Waals surface area (Å²) in [5.74, 6) is 1.57. The van der Waals surface area contributed by atoms with Crippen molar-refractivity contribution in [3.63, 3.8) is 0 Å². The minimum Gasteiger partial charge on any atom is -0.382 e. The van der Waals surface area contributed by atoms with Crippen molar-refractivity contribution in [1.29, 1.82) is 0 Å². The zero-order chi connectivity index (χ0) is 20.8. The van der Waals surface area contributed by atoms with E-state index in [9.17, 15) is 4.79 Å². The number of carbonyl (C=O) groups excluding carboxylic acids is 1. The molecule has 0 unspecified atom stereocenters. The fourth-order valence-corrected chi connectivity index (χ4v) is 4.55. The Bertz CT molecular complexity index is 981. The van der Waals surface area contributed by atoms with Gasteiger partial charge >= 0.3 is 0 Å². The molecule has 7 heteroatoms. The van der Waals surface area contributed by atoms with Crippen molar-refractivity contribution in [3.8, 4) is 0 Å². The van der Waals surface area contributed by atoms with Crippen LogP contribution < -0.4 is 10.6 Å². The van der Waals surface area contributed by atoms with Gasteiger partial charge in [-0.05, 0) is 49.2 Å². The molecule has 1 aliphatic rings. The van der Waals surface area contributed by atoms with E-state index in [1.165, 1.54) is 43.9 Å². The number of thioether (sulfide) groups is 1. The first-order valence-corrected chi connectivity index (χ1v) is 11.3. The van der Waals surface area contributed by atoms with Crippen LogP contribution in [-0.2, 0) is 5.75 Å². The van der Waals surface area contributed by atoms with Crippen molar-refractivity contribution in [2.45, 2.75) is 55.7 Å². The highest BCUT2D eigenvalue weighted by Crippen LogP contribution is 2.27. The average Bonchev–Trinajstić information content (AvgIpc) is 3.20. The number of rotatable bonds is 7. The standard InChI is InChI=1S/C23H26N4O2S/c1-16-24-22(27-29-16)15-30-21-10-6-5-9-20(21)23(28)26-19-13-11-18(12-14-19)25-17-7-3-2-4-8-17/h5-6,9-14,17,25H,2-4,7-8,15H2,1H3,(H,26,28). The smallest absolute Gasteiger partial charge is 0.256 e. The molecule has 6 nitrogen and oxygen atoms in total. The van der Waals surface area contributed by atoms with Gasteiger partial charge in [0.15, 0.2) is 5.82 Å². The number of nitrogens with zero attached hydrogens (tertiary/aromatic N) is 2. The molecule has 1 aliphatic carbocycles. The first-order chi connectivity index (χ1) is 14.7. The summed E-state index contributed by atoms with van der Waals surface area (Å²) in [6.07, 6.45) is 6.41. The molecule has 1 heterocycles. The number of nitrogens with one attached hydrogen (secondary N) is 2. The molecule has 156 valence electrons. The lowest BCUT2D eigenvalue weighted by atomic mass is 9.95. The van der Waals surface area contributed by atoms with Crippen LogP contribution in [0.1, 0.15) is 54.2 Å². The maximum atomic E-state index is 12.9. The van der Waals surface area contributed by atoms with Crippen molar-refractivity contribution in [3.05, 3.63) is 65.8 Å². The Hall–Kier alpha value is -2.80. The summed E-state index contributed by atoms with van der Waals surface area (Å²) in [6.45, 7) is 1.76. The fraction of sp³-hybridized carbons (Fsp3) is 0.348. The van der Waals surface area contributed by atoms with Crippen LogP contribution in [0, 0.1) is 6.92 Å². The Morgan fingerprint density at radius 2 is 1.80 bits per heavy atom. The summed E-state index contributed by atoms with van der Waals surface area (Å²) in [4.78, 5) is 18.0. The summed E-state index contributed by atoms with van der Waals surface area (Å²) >= 11 is 1.52. The largest absolute Gasteiger partial charge is 0.382 e. The van der Waals surface area contributed by atoms with Crippen LogP contribution in [0.2, 0.25) is 0 Å². The van der Waals surface area contributed by atoms with E-state index in [2.05, 4.69) is 20.8 Å². The molecule has 2 N–H and O–H groups in total. The molecule has 0 spiro atoms. The number of hydrogen-bond donors (Lipinski definition) is 2. The van der Waals surface area contributed by atoms with Gasteiger partial charge in [-0.1, -0.05) is 36.6 Å². The summed E-state index contributed by atoms with van der Waals surface area (Å²) in [5, 5.41) is 10.5. The molecule has 2 aromatic carbocycles. The molecule has 0 bridgehead atoms. The van der Waals surface area contributed by atoms with Gasteiger partial charge < -0.3 is 15.2 Å². The Labute approximate surface area is 180 Å². The van der Waals surface area contributed by atoms with Crippen LogP contribution in [0.4, 0.5) is 11.4 Å². The van der Waals surface area contributed by atoms with Crippen LogP contribution >= 0.6 is 11.8 Å². The van der Waals surface area contributed by atoms with Crippen molar-refractivity contribution < 1.29 is 9.32 Å². The SMILES string of the molecule is Cc1nc(CSc2ccccc2C(=O)Nc2ccc(NC3CCCCC3)cc2)no1. The highest BCUT2D eigenvalue weighted by atomic mass is 32.2. The van der Waals surface area contributed by atoms with E-state index in [1.807, 2.05) is 48.5 Å². The Morgan fingerprint density at radius 1 is 1.07 bits per heavy atom. The number of aromatic nitrogens is 2. The van der Waals surface area contributed by atoms with Gasteiger partial charge in [-0.3, -0.25) is 4.79 Å². The highest BCUT2D eigenvalue weighted by Gasteiger charge is 2.14. The molecule has 4 rings (SSSR count). The van der Waals surface area contributed by atoms with Gasteiger partial charge in [0.1, 0.15) is 0 Å². The van der Waals surface area contributed by atoms with Crippen molar-refractivity contribution in [2.24, 2.45) is 0 Å². The molecule has 0 radical (unpaired) electrons. The van der Waals surface area contributed by atoms with Crippen molar-refractivity contribution in [1.82, 2.24) is 10.1 Å². The zero-order valence-electron chi connectivity index (χ0n) is 17.1. The first kappa shape index (κ1) is 20.5. The van der Waals surface area contributed by atoms with Crippen molar-refractivity contribution in [2.75, 3.05) is 10.6 Å². The fourth-order valence-electron chi connectivity index (χ4n) is 3.65. The summed E-state index contributed by atoms with van der Waals surface area (Å²) in [7, 11) is 0. The second-order valence-electron chi connectivity index (χ2n) is 7.53. The van der Waals surface area contributed by atoms with Crippen LogP contribution in [0.25, 0.3) is 0 Å². The van der Waals surface area contributed by atoms with E-state index >= 15 is 0 Å². The number of benzene rings is 2. The van der Waals surface area contributed by atoms with E-state index in [4.69, 9.17) is 4.52 Å². The van der Waals surface area contributed by atoms with E-state index < -0.39 is 0 Å². The topological polar surface area (TPSA) is 80.0 Å². The molecule has 3 aromatic rings. The van der Waals surface area contributed by atoms with Crippen LogP contribution in [-0.4, -0.2) is 22.1 Å². The Balaban J connectivity index is 1.37. The number of amides is 1. The molecule has 30 heavy (non-hydrogen) atoms. The monoisotopic (exact) mass is 422 g/mol. The van der Waals surface area contributed by atoms with E-state index in [0.29, 0.717) is 29.1 Å². The molecule has 0 atom stereocenters. The summed E-state index contributed by atoms with van der Waals surface area (Å²) in [6, 6.07) is 16.1. The summed E-state index contributed by atoms with van der Waals surface area (Å²) in [5.41, 5.74) is 2.51. The molecular weight excluding hydrogens is 396 g/mol. The average molecular weight is 423 g/mol. The van der Waals surface area contributed by atoms with Crippen molar-refractivity contribution >= 4 is 29.0 Å². The zero-order valence-corrected chi connectivity index (χ0v) is 17.9. The number of anilines is 2. The second-order valence-corrected chi connectivity index (χ2v) is 8.54. The number of aryl methyl sites for hydroxylation is 1. The van der Waals surface area contributed by atoms with Crippen LogP contribution in [0.5, 0.6) is 0 Å². The summed E-state index contributed by atoms with van der Waals surface area (Å²) < 4.78 is 5.01. The quantitative estimate of drug-likeness (QED) is 0.478. The Kier molecular flexibility index (Phi) is 6.69. The van der Waals surface area contributed by atoms with Gasteiger partial charge in [-0.25, -0.2) is 0 Å². The molecule has 0 saturated heterocycles. The van der Waals surface area contributed by atoms with E-state index in [1.54, 1.807) is 6.92 Å². The van der Waals surface area contributed by atoms with Gasteiger partial charge in [0.2, 0.25) is 5.89 Å². The number of carbonyl (C=O) groups is 1. The minimum atomic E-state index is -0.129. The molecule has 0 aliphatic heterocycles. The molecule has 1 fully saturated rings. The lowest BCUT2D eigenvalue weighted by molar-refractivity contribution is 0.102. The molecule has 1 aromatic heterocycles. The maximum Gasteiger partial charge on any atom is 0.256 e. The van der Waals surface area contributed by atoms with E-state index in [-0.39, 0.29) is 5.91 Å². The maximum absolute atomic E-state index is 12.9. The lowest BCUT2D eigenvalue weighted by Gasteiger charge is -2.23. The van der Waals surface area contributed by atoms with Gasteiger partial charge in [0.25, 0.3) is 5.91 Å². The molecule has 1 saturated carbocycles. The molecule has 1 amide bonds. The minimum absolute atomic E-state index is 0.129. The first-order valence-electron chi connectivity index (χ1n) is 10.4. The third-order valence-corrected chi connectivity index (χ3v) is 6.25. The van der Waals surface area contributed by atoms with Gasteiger partial charge in [0, 0.05) is 29.2 Å². The van der Waals surface area contributed by atoms with Crippen LogP contribution in [0.15, 0.2) is 57.9 Å². The van der Waals surface area contributed by atoms with Gasteiger partial charge in [-0.15, -0.1) is 11.8 Å². The third-order valence-electron chi connectivity index (χ3n) is 5.18. The van der Waals surface area contributed by atoms with Crippen LogP contribution in [0.3, 0.4) is 0 Å². The lowest BCUT2D eigenvalue weighted by Crippen LogP contribution is -2.22. The molecular formula is C23H26N4O2S.